The number of benzene rings is 2. The minimum atomic E-state index is 0.138. The van der Waals surface area contributed by atoms with Crippen molar-refractivity contribution in [2.24, 2.45) is 4.99 Å². The fourth-order valence-corrected chi connectivity index (χ4v) is 1.70. The molecule has 0 spiro atoms. The Labute approximate surface area is 118 Å². The molecular formula is C16H17NO3. The minimum Gasteiger partial charge on any atom is -0.507 e. The Kier molecular flexibility index (Phi) is 4.60. The first kappa shape index (κ1) is 13.9. The van der Waals surface area contributed by atoms with Gasteiger partial charge in [-0.2, -0.15) is 0 Å². The summed E-state index contributed by atoms with van der Waals surface area (Å²) in [5.74, 6) is 1.57. The van der Waals surface area contributed by atoms with Crippen molar-refractivity contribution in [1.82, 2.24) is 0 Å². The van der Waals surface area contributed by atoms with Gasteiger partial charge in [0.1, 0.15) is 17.2 Å². The third-order valence-electron chi connectivity index (χ3n) is 2.74. The van der Waals surface area contributed by atoms with Crippen LogP contribution in [0.5, 0.6) is 17.2 Å². The van der Waals surface area contributed by atoms with Crippen molar-refractivity contribution in [1.29, 1.82) is 0 Å². The average molecular weight is 271 g/mol. The second kappa shape index (κ2) is 6.61. The second-order valence-corrected chi connectivity index (χ2v) is 4.11. The van der Waals surface area contributed by atoms with Gasteiger partial charge >= 0.3 is 0 Å². The van der Waals surface area contributed by atoms with Crippen LogP contribution in [-0.4, -0.2) is 25.0 Å². The summed E-state index contributed by atoms with van der Waals surface area (Å²) in [6.45, 7) is 2.58. The first-order valence-electron chi connectivity index (χ1n) is 6.37. The second-order valence-electron chi connectivity index (χ2n) is 4.11. The topological polar surface area (TPSA) is 51.0 Å². The minimum absolute atomic E-state index is 0.138. The maximum Gasteiger partial charge on any atom is 0.128 e. The van der Waals surface area contributed by atoms with E-state index in [0.29, 0.717) is 17.9 Å². The lowest BCUT2D eigenvalue weighted by atomic mass is 10.2. The molecule has 0 aliphatic rings. The van der Waals surface area contributed by atoms with E-state index in [1.807, 2.05) is 31.2 Å². The maximum atomic E-state index is 9.82. The molecular weight excluding hydrogens is 254 g/mol. The standard InChI is InChI=1S/C16H17NO3/c1-3-20-14-8-5-13(6-9-14)17-11-12-4-7-15(19-2)10-16(12)18/h4-11,18H,3H2,1-2H3. The fourth-order valence-electron chi connectivity index (χ4n) is 1.70. The molecule has 0 bridgehead atoms. The molecule has 0 saturated heterocycles. The molecule has 1 N–H and O–H groups in total. The van der Waals surface area contributed by atoms with Gasteiger partial charge in [0.25, 0.3) is 0 Å². The highest BCUT2D eigenvalue weighted by Gasteiger charge is 2.00. The zero-order valence-corrected chi connectivity index (χ0v) is 11.5. The van der Waals surface area contributed by atoms with Crippen molar-refractivity contribution < 1.29 is 14.6 Å². The molecule has 104 valence electrons. The van der Waals surface area contributed by atoms with Crippen molar-refractivity contribution in [3.8, 4) is 17.2 Å². The van der Waals surface area contributed by atoms with Crippen LogP contribution in [0, 0.1) is 0 Å². The third kappa shape index (κ3) is 3.51. The molecule has 0 amide bonds. The van der Waals surface area contributed by atoms with Crippen molar-refractivity contribution >= 4 is 11.9 Å². The Morgan fingerprint density at radius 3 is 2.40 bits per heavy atom. The molecule has 0 radical (unpaired) electrons. The van der Waals surface area contributed by atoms with Gasteiger partial charge in [0.15, 0.2) is 0 Å². The molecule has 0 atom stereocenters. The Bertz CT molecular complexity index is 591. The predicted octanol–water partition coefficient (Wildman–Crippen LogP) is 3.55. The van der Waals surface area contributed by atoms with Crippen LogP contribution in [0.2, 0.25) is 0 Å². The number of ether oxygens (including phenoxy) is 2. The lowest BCUT2D eigenvalue weighted by molar-refractivity contribution is 0.340. The van der Waals surface area contributed by atoms with Gasteiger partial charge in [0, 0.05) is 17.8 Å². The number of nitrogens with zero attached hydrogens (tertiary/aromatic N) is 1. The van der Waals surface area contributed by atoms with Crippen LogP contribution in [0.15, 0.2) is 47.5 Å². The first-order chi connectivity index (χ1) is 9.72. The Morgan fingerprint density at radius 1 is 1.10 bits per heavy atom. The number of aliphatic imine (C=N–C) groups is 1. The molecule has 0 saturated carbocycles. The molecule has 0 aliphatic carbocycles. The Morgan fingerprint density at radius 2 is 1.80 bits per heavy atom. The summed E-state index contributed by atoms with van der Waals surface area (Å²) < 4.78 is 10.4. The highest BCUT2D eigenvalue weighted by atomic mass is 16.5. The van der Waals surface area contributed by atoms with Gasteiger partial charge in [-0.15, -0.1) is 0 Å². The summed E-state index contributed by atoms with van der Waals surface area (Å²) in [5, 5.41) is 9.82. The van der Waals surface area contributed by atoms with Crippen molar-refractivity contribution in [3.05, 3.63) is 48.0 Å². The SMILES string of the molecule is CCOc1ccc(N=Cc2ccc(OC)cc2O)cc1. The molecule has 0 aliphatic heterocycles. The monoisotopic (exact) mass is 271 g/mol. The van der Waals surface area contributed by atoms with Gasteiger partial charge in [-0.1, -0.05) is 0 Å². The van der Waals surface area contributed by atoms with Crippen LogP contribution in [0.25, 0.3) is 0 Å². The molecule has 4 nitrogen and oxygen atoms in total. The van der Waals surface area contributed by atoms with E-state index >= 15 is 0 Å². The molecule has 0 aromatic heterocycles. The maximum absolute atomic E-state index is 9.82. The van der Waals surface area contributed by atoms with Crippen molar-refractivity contribution in [2.75, 3.05) is 13.7 Å². The molecule has 2 rings (SSSR count). The number of aromatic hydroxyl groups is 1. The number of phenols is 1. The highest BCUT2D eigenvalue weighted by Crippen LogP contribution is 2.23. The summed E-state index contributed by atoms with van der Waals surface area (Å²) in [6, 6.07) is 12.5. The molecule has 0 fully saturated rings. The molecule has 2 aromatic rings. The summed E-state index contributed by atoms with van der Waals surface area (Å²) in [4.78, 5) is 4.31. The van der Waals surface area contributed by atoms with Gasteiger partial charge in [0.05, 0.1) is 19.4 Å². The van der Waals surface area contributed by atoms with E-state index in [4.69, 9.17) is 9.47 Å². The van der Waals surface area contributed by atoms with E-state index in [1.165, 1.54) is 0 Å². The quantitative estimate of drug-likeness (QED) is 0.846. The highest BCUT2D eigenvalue weighted by molar-refractivity contribution is 5.85. The predicted molar refractivity (Wildman–Crippen MR) is 79.5 cm³/mol. The van der Waals surface area contributed by atoms with E-state index in [2.05, 4.69) is 4.99 Å². The summed E-state index contributed by atoms with van der Waals surface area (Å²) in [6.07, 6.45) is 1.62. The Hall–Kier alpha value is -2.49. The van der Waals surface area contributed by atoms with Crippen LogP contribution < -0.4 is 9.47 Å². The molecule has 2 aromatic carbocycles. The number of phenolic OH excluding ortho intramolecular Hbond substituents is 1. The molecule has 0 unspecified atom stereocenters. The van der Waals surface area contributed by atoms with Crippen LogP contribution in [0.4, 0.5) is 5.69 Å². The smallest absolute Gasteiger partial charge is 0.128 e. The van der Waals surface area contributed by atoms with E-state index in [1.54, 1.807) is 31.5 Å². The van der Waals surface area contributed by atoms with Gasteiger partial charge in [-0.25, -0.2) is 0 Å². The molecule has 20 heavy (non-hydrogen) atoms. The summed E-state index contributed by atoms with van der Waals surface area (Å²) in [7, 11) is 1.56. The van der Waals surface area contributed by atoms with Crippen LogP contribution in [0.3, 0.4) is 0 Å². The lowest BCUT2D eigenvalue weighted by Gasteiger charge is -2.03. The van der Waals surface area contributed by atoms with Gasteiger partial charge < -0.3 is 14.6 Å². The Balaban J connectivity index is 2.12. The van der Waals surface area contributed by atoms with E-state index in [-0.39, 0.29) is 5.75 Å². The normalized spacial score (nSPS) is 10.7. The number of hydrogen-bond donors (Lipinski definition) is 1. The van der Waals surface area contributed by atoms with Crippen LogP contribution >= 0.6 is 0 Å². The number of hydrogen-bond acceptors (Lipinski definition) is 4. The van der Waals surface area contributed by atoms with Crippen LogP contribution in [-0.2, 0) is 0 Å². The van der Waals surface area contributed by atoms with E-state index in [9.17, 15) is 5.11 Å². The summed E-state index contributed by atoms with van der Waals surface area (Å²) in [5.41, 5.74) is 1.43. The van der Waals surface area contributed by atoms with E-state index < -0.39 is 0 Å². The zero-order chi connectivity index (χ0) is 14.4. The number of rotatable bonds is 5. The van der Waals surface area contributed by atoms with Crippen molar-refractivity contribution in [2.45, 2.75) is 6.92 Å². The largest absolute Gasteiger partial charge is 0.507 e. The van der Waals surface area contributed by atoms with Gasteiger partial charge in [-0.05, 0) is 43.3 Å². The van der Waals surface area contributed by atoms with Crippen LogP contribution in [0.1, 0.15) is 12.5 Å². The average Bonchev–Trinajstić information content (AvgIpc) is 2.48. The summed E-state index contributed by atoms with van der Waals surface area (Å²) >= 11 is 0. The zero-order valence-electron chi connectivity index (χ0n) is 11.5. The molecule has 4 heteroatoms. The fraction of sp³-hybridized carbons (Fsp3) is 0.188. The van der Waals surface area contributed by atoms with Crippen molar-refractivity contribution in [3.63, 3.8) is 0 Å². The number of methoxy groups -OCH3 is 1. The third-order valence-corrected chi connectivity index (χ3v) is 2.74. The van der Waals surface area contributed by atoms with Gasteiger partial charge in [0.2, 0.25) is 0 Å². The molecule has 0 heterocycles. The van der Waals surface area contributed by atoms with E-state index in [0.717, 1.165) is 11.4 Å². The lowest BCUT2D eigenvalue weighted by Crippen LogP contribution is -1.90. The van der Waals surface area contributed by atoms with Gasteiger partial charge in [-0.3, -0.25) is 4.99 Å². The first-order valence-corrected chi connectivity index (χ1v) is 6.37.